The molecule has 0 radical (unpaired) electrons. The minimum atomic E-state index is -0.902. The Kier molecular flexibility index (Phi) is 3.79. The molecule has 0 atom stereocenters. The van der Waals surface area contributed by atoms with Crippen LogP contribution in [0.4, 0.5) is 0 Å². The van der Waals surface area contributed by atoms with Crippen LogP contribution in [0.25, 0.3) is 0 Å². The van der Waals surface area contributed by atoms with Crippen molar-refractivity contribution in [1.82, 2.24) is 9.88 Å². The second-order valence-electron chi connectivity index (χ2n) is 5.98. The summed E-state index contributed by atoms with van der Waals surface area (Å²) in [6, 6.07) is 5.23. The molecule has 0 amide bonds. The Hall–Kier alpha value is -1.92. The van der Waals surface area contributed by atoms with Crippen molar-refractivity contribution in [3.8, 4) is 5.75 Å². The van der Waals surface area contributed by atoms with E-state index in [-0.39, 0.29) is 0 Å². The highest BCUT2D eigenvalue weighted by molar-refractivity contribution is 7.11. The van der Waals surface area contributed by atoms with Crippen LogP contribution < -0.4 is 4.74 Å². The van der Waals surface area contributed by atoms with Gasteiger partial charge >= 0.3 is 5.97 Å². The van der Waals surface area contributed by atoms with Gasteiger partial charge in [-0.15, -0.1) is 11.3 Å². The predicted octanol–water partition coefficient (Wildman–Crippen LogP) is 2.72. The molecule has 0 saturated heterocycles. The average Bonchev–Trinajstić information content (AvgIpc) is 3.02. The highest BCUT2D eigenvalue weighted by atomic mass is 32.1. The number of benzene rings is 1. The first-order chi connectivity index (χ1) is 11.2. The standard InChI is InChI=1S/C17H18N2O3S/c20-17(21)11-3-1-5-14-12(11)9-19(7-8-22-14)10-16-18-13-4-2-6-15(13)23-16/h1,3,5H,2,4,6-10H2,(H,20,21). The number of hydrogen-bond acceptors (Lipinski definition) is 5. The van der Waals surface area contributed by atoms with E-state index >= 15 is 0 Å². The van der Waals surface area contributed by atoms with E-state index < -0.39 is 5.97 Å². The third-order valence-electron chi connectivity index (χ3n) is 4.41. The van der Waals surface area contributed by atoms with E-state index in [0.717, 1.165) is 36.5 Å². The van der Waals surface area contributed by atoms with E-state index in [1.165, 1.54) is 17.0 Å². The first-order valence-electron chi connectivity index (χ1n) is 7.88. The molecule has 0 unspecified atom stereocenters. The molecule has 1 aliphatic carbocycles. The fourth-order valence-electron chi connectivity index (χ4n) is 3.29. The Balaban J connectivity index is 1.57. The molecular formula is C17H18N2O3S. The summed E-state index contributed by atoms with van der Waals surface area (Å²) in [5.41, 5.74) is 2.36. The molecule has 1 aromatic heterocycles. The molecule has 0 fully saturated rings. The molecule has 2 aromatic rings. The van der Waals surface area contributed by atoms with Crippen LogP contribution in [0.5, 0.6) is 5.75 Å². The molecule has 0 saturated carbocycles. The molecule has 120 valence electrons. The quantitative estimate of drug-likeness (QED) is 0.937. The summed E-state index contributed by atoms with van der Waals surface area (Å²) in [6.45, 7) is 2.69. The molecule has 0 spiro atoms. The number of thiazole rings is 1. The molecule has 23 heavy (non-hydrogen) atoms. The van der Waals surface area contributed by atoms with Crippen molar-refractivity contribution in [2.45, 2.75) is 32.4 Å². The van der Waals surface area contributed by atoms with Gasteiger partial charge in [-0.1, -0.05) is 6.07 Å². The summed E-state index contributed by atoms with van der Waals surface area (Å²) in [7, 11) is 0. The molecule has 4 rings (SSSR count). The zero-order valence-electron chi connectivity index (χ0n) is 12.7. The second-order valence-corrected chi connectivity index (χ2v) is 7.15. The fourth-order valence-corrected chi connectivity index (χ4v) is 4.49. The van der Waals surface area contributed by atoms with Crippen LogP contribution in [0.3, 0.4) is 0 Å². The Labute approximate surface area is 138 Å². The lowest BCUT2D eigenvalue weighted by molar-refractivity contribution is 0.0694. The fraction of sp³-hybridized carbons (Fsp3) is 0.412. The highest BCUT2D eigenvalue weighted by Crippen LogP contribution is 2.30. The van der Waals surface area contributed by atoms with Crippen molar-refractivity contribution in [2.24, 2.45) is 0 Å². The number of hydrogen-bond donors (Lipinski definition) is 1. The summed E-state index contributed by atoms with van der Waals surface area (Å²) in [5.74, 6) is -0.213. The maximum Gasteiger partial charge on any atom is 0.336 e. The van der Waals surface area contributed by atoms with Crippen molar-refractivity contribution >= 4 is 17.3 Å². The lowest BCUT2D eigenvalue weighted by Crippen LogP contribution is -2.25. The largest absolute Gasteiger partial charge is 0.492 e. The monoisotopic (exact) mass is 330 g/mol. The van der Waals surface area contributed by atoms with Gasteiger partial charge in [-0.2, -0.15) is 0 Å². The molecule has 1 aromatic carbocycles. The number of aromatic nitrogens is 1. The number of carbonyl (C=O) groups is 1. The van der Waals surface area contributed by atoms with Gasteiger partial charge in [-0.25, -0.2) is 9.78 Å². The summed E-state index contributed by atoms with van der Waals surface area (Å²) < 4.78 is 5.75. The number of carboxylic acids is 1. The van der Waals surface area contributed by atoms with Gasteiger partial charge in [0, 0.05) is 23.5 Å². The second kappa shape index (κ2) is 5.94. The van der Waals surface area contributed by atoms with Crippen LogP contribution in [0.1, 0.15) is 37.9 Å². The molecule has 2 heterocycles. The van der Waals surface area contributed by atoms with Crippen LogP contribution in [0.15, 0.2) is 18.2 Å². The van der Waals surface area contributed by atoms with Crippen molar-refractivity contribution in [2.75, 3.05) is 13.2 Å². The Morgan fingerprint density at radius 3 is 3.13 bits per heavy atom. The van der Waals surface area contributed by atoms with Gasteiger partial charge in [-0.3, -0.25) is 4.90 Å². The number of aryl methyl sites for hydroxylation is 2. The van der Waals surface area contributed by atoms with Crippen LogP contribution in [0, 0.1) is 0 Å². The third-order valence-corrected chi connectivity index (χ3v) is 5.55. The lowest BCUT2D eigenvalue weighted by atomic mass is 10.1. The maximum absolute atomic E-state index is 11.5. The molecule has 0 bridgehead atoms. The number of carboxylic acid groups (broad SMARTS) is 1. The number of ether oxygens (including phenoxy) is 1. The van der Waals surface area contributed by atoms with Crippen molar-refractivity contribution in [1.29, 1.82) is 0 Å². The van der Waals surface area contributed by atoms with Gasteiger partial charge in [0.05, 0.1) is 17.8 Å². The van der Waals surface area contributed by atoms with Crippen molar-refractivity contribution in [3.05, 3.63) is 44.9 Å². The zero-order valence-corrected chi connectivity index (χ0v) is 13.6. The number of rotatable bonds is 3. The smallest absolute Gasteiger partial charge is 0.336 e. The highest BCUT2D eigenvalue weighted by Gasteiger charge is 2.23. The SMILES string of the molecule is O=C(O)c1cccc2c1CN(Cc1nc3c(s1)CCC3)CCO2. The molecule has 1 N–H and O–H groups in total. The van der Waals surface area contributed by atoms with Crippen LogP contribution >= 0.6 is 11.3 Å². The topological polar surface area (TPSA) is 62.7 Å². The van der Waals surface area contributed by atoms with E-state index in [1.807, 2.05) is 6.07 Å². The summed E-state index contributed by atoms with van der Waals surface area (Å²) in [4.78, 5) is 19.9. The predicted molar refractivity (Wildman–Crippen MR) is 87.1 cm³/mol. The van der Waals surface area contributed by atoms with Gasteiger partial charge in [0.2, 0.25) is 0 Å². The number of aromatic carboxylic acids is 1. The minimum absolute atomic E-state index is 0.330. The van der Waals surface area contributed by atoms with Crippen molar-refractivity contribution in [3.63, 3.8) is 0 Å². The number of nitrogens with zero attached hydrogens (tertiary/aromatic N) is 2. The van der Waals surface area contributed by atoms with E-state index in [1.54, 1.807) is 23.5 Å². The first-order valence-corrected chi connectivity index (χ1v) is 8.70. The molecular weight excluding hydrogens is 312 g/mol. The lowest BCUT2D eigenvalue weighted by Gasteiger charge is -2.18. The van der Waals surface area contributed by atoms with E-state index in [2.05, 4.69) is 4.90 Å². The van der Waals surface area contributed by atoms with Crippen LogP contribution in [0.2, 0.25) is 0 Å². The Morgan fingerprint density at radius 1 is 1.39 bits per heavy atom. The maximum atomic E-state index is 11.5. The number of fused-ring (bicyclic) bond motifs is 2. The molecule has 1 aliphatic heterocycles. The van der Waals surface area contributed by atoms with Gasteiger partial charge in [-0.05, 0) is 31.4 Å². The van der Waals surface area contributed by atoms with Crippen LogP contribution in [-0.4, -0.2) is 34.1 Å². The normalized spacial score (nSPS) is 17.2. The minimum Gasteiger partial charge on any atom is -0.492 e. The summed E-state index contributed by atoms with van der Waals surface area (Å²) in [5, 5.41) is 10.5. The summed E-state index contributed by atoms with van der Waals surface area (Å²) >= 11 is 1.80. The van der Waals surface area contributed by atoms with Gasteiger partial charge in [0.15, 0.2) is 0 Å². The molecule has 6 heteroatoms. The van der Waals surface area contributed by atoms with E-state index in [4.69, 9.17) is 9.72 Å². The third kappa shape index (κ3) is 2.84. The first kappa shape index (κ1) is 14.7. The van der Waals surface area contributed by atoms with Crippen molar-refractivity contribution < 1.29 is 14.6 Å². The zero-order chi connectivity index (χ0) is 15.8. The van der Waals surface area contributed by atoms with E-state index in [9.17, 15) is 9.90 Å². The van der Waals surface area contributed by atoms with E-state index in [0.29, 0.717) is 24.5 Å². The Bertz CT molecular complexity index is 735. The molecule has 5 nitrogen and oxygen atoms in total. The van der Waals surface area contributed by atoms with Gasteiger partial charge in [0.25, 0.3) is 0 Å². The Morgan fingerprint density at radius 2 is 2.30 bits per heavy atom. The summed E-state index contributed by atoms with van der Waals surface area (Å²) in [6.07, 6.45) is 3.48. The van der Waals surface area contributed by atoms with Gasteiger partial charge < -0.3 is 9.84 Å². The average molecular weight is 330 g/mol. The molecule has 2 aliphatic rings. The van der Waals surface area contributed by atoms with Gasteiger partial charge in [0.1, 0.15) is 17.4 Å². The van der Waals surface area contributed by atoms with Crippen LogP contribution in [-0.2, 0) is 25.9 Å².